The predicted molar refractivity (Wildman–Crippen MR) is 142 cm³/mol. The highest BCUT2D eigenvalue weighted by atomic mass is 19.3. The monoisotopic (exact) mass is 527 g/mol. The van der Waals surface area contributed by atoms with Gasteiger partial charge in [0.25, 0.3) is 5.92 Å². The minimum absolute atomic E-state index is 0.372. The molecule has 1 atom stereocenters. The summed E-state index contributed by atoms with van der Waals surface area (Å²) in [7, 11) is 0. The number of alkyl halides is 2. The zero-order chi connectivity index (χ0) is 27.6. The van der Waals surface area contributed by atoms with Crippen molar-refractivity contribution in [2.75, 3.05) is 18.0 Å². The van der Waals surface area contributed by atoms with Crippen LogP contribution in [0.3, 0.4) is 0 Å². The third kappa shape index (κ3) is 4.46. The van der Waals surface area contributed by atoms with Crippen LogP contribution in [0.15, 0.2) is 41.5 Å². The number of rotatable bonds is 6. The average Bonchev–Trinajstić information content (AvgIpc) is 3.38. The molecule has 1 aliphatic heterocycles. The number of anilines is 1. The molecule has 3 aliphatic rings. The smallest absolute Gasteiger partial charge is 0.318 e. The van der Waals surface area contributed by atoms with Crippen LogP contribution in [0.25, 0.3) is 5.57 Å². The lowest BCUT2D eigenvalue weighted by Crippen LogP contribution is -2.34. The number of hydrogen-bond acceptors (Lipinski definition) is 4. The first-order valence-electron chi connectivity index (χ1n) is 13.4. The van der Waals surface area contributed by atoms with E-state index >= 15 is 4.39 Å². The summed E-state index contributed by atoms with van der Waals surface area (Å²) in [6.07, 6.45) is 3.38. The number of nitrogens with zero attached hydrogens (tertiary/aromatic N) is 3. The van der Waals surface area contributed by atoms with Gasteiger partial charge in [-0.1, -0.05) is 18.2 Å². The van der Waals surface area contributed by atoms with Crippen molar-refractivity contribution < 1.29 is 22.7 Å². The number of hydrogen-bond donors (Lipinski definition) is 0. The van der Waals surface area contributed by atoms with Crippen LogP contribution in [-0.4, -0.2) is 40.4 Å². The molecule has 204 valence electrons. The molecular weight excluding hydrogens is 491 g/mol. The van der Waals surface area contributed by atoms with Gasteiger partial charge < -0.3 is 9.64 Å². The van der Waals surface area contributed by atoms with E-state index in [2.05, 4.69) is 4.90 Å². The standard InChI is InChI=1S/C30H36F3N3O2/c1-7-36-23(30(12-13-30)29(6,32)33)16-24(34-36)35-14-11-20-19(17-35)15-21(25-18(2)9-8-10-22(25)31)26(20)27(37)38-28(3,4)5/h8-10,15-16,26H,7,11-14,17H2,1-6H3. The number of benzene rings is 1. The summed E-state index contributed by atoms with van der Waals surface area (Å²) < 4.78 is 51.7. The first-order chi connectivity index (χ1) is 17.8. The Hall–Kier alpha value is -3.03. The van der Waals surface area contributed by atoms with E-state index < -0.39 is 22.9 Å². The Morgan fingerprint density at radius 2 is 1.92 bits per heavy atom. The number of aromatic nitrogens is 2. The number of carbonyl (C=O) groups is 1. The molecule has 5 rings (SSSR count). The second kappa shape index (κ2) is 9.02. The molecule has 2 heterocycles. The second-order valence-electron chi connectivity index (χ2n) is 11.9. The SMILES string of the molecule is CCn1nc(N2CCC3=C(C=C(c4c(C)cccc4F)C3C(=O)OC(C)(C)C)C2)cc1C1(C(C)(F)F)CC1. The van der Waals surface area contributed by atoms with Crippen LogP contribution in [-0.2, 0) is 21.5 Å². The minimum Gasteiger partial charge on any atom is -0.459 e. The van der Waals surface area contributed by atoms with Crippen molar-refractivity contribution in [3.63, 3.8) is 0 Å². The van der Waals surface area contributed by atoms with Gasteiger partial charge in [0.05, 0.1) is 11.1 Å². The van der Waals surface area contributed by atoms with Gasteiger partial charge >= 0.3 is 5.97 Å². The molecule has 1 aromatic heterocycles. The van der Waals surface area contributed by atoms with Crippen molar-refractivity contribution in [1.82, 2.24) is 9.78 Å². The topological polar surface area (TPSA) is 47.4 Å². The van der Waals surface area contributed by atoms with Crippen molar-refractivity contribution in [2.24, 2.45) is 5.92 Å². The van der Waals surface area contributed by atoms with E-state index in [4.69, 9.17) is 9.84 Å². The highest BCUT2D eigenvalue weighted by Crippen LogP contribution is 2.58. The van der Waals surface area contributed by atoms with Crippen molar-refractivity contribution >= 4 is 17.4 Å². The highest BCUT2D eigenvalue weighted by molar-refractivity contribution is 5.96. The Morgan fingerprint density at radius 1 is 1.21 bits per heavy atom. The number of carbonyl (C=O) groups excluding carboxylic acids is 1. The summed E-state index contributed by atoms with van der Waals surface area (Å²) >= 11 is 0. The average molecular weight is 528 g/mol. The van der Waals surface area contributed by atoms with Crippen LogP contribution in [0.1, 0.15) is 70.7 Å². The van der Waals surface area contributed by atoms with Gasteiger partial charge in [-0.05, 0) is 82.2 Å². The van der Waals surface area contributed by atoms with Gasteiger partial charge in [-0.15, -0.1) is 0 Å². The van der Waals surface area contributed by atoms with Gasteiger partial charge in [-0.3, -0.25) is 9.48 Å². The zero-order valence-corrected chi connectivity index (χ0v) is 23.0. The fraction of sp³-hybridized carbons (Fsp3) is 0.533. The molecule has 5 nitrogen and oxygen atoms in total. The Bertz CT molecular complexity index is 1320. The fourth-order valence-electron chi connectivity index (χ4n) is 6.00. The molecule has 0 N–H and O–H groups in total. The number of esters is 1. The largest absolute Gasteiger partial charge is 0.459 e. The molecular formula is C30H36F3N3O2. The number of halogens is 3. The van der Waals surface area contributed by atoms with Gasteiger partial charge in [0.15, 0.2) is 5.82 Å². The van der Waals surface area contributed by atoms with E-state index in [1.54, 1.807) is 10.7 Å². The van der Waals surface area contributed by atoms with Crippen molar-refractivity contribution in [1.29, 1.82) is 0 Å². The van der Waals surface area contributed by atoms with Gasteiger partial charge in [0.2, 0.25) is 0 Å². The molecule has 38 heavy (non-hydrogen) atoms. The molecule has 0 saturated heterocycles. The molecule has 2 aliphatic carbocycles. The lowest BCUT2D eigenvalue weighted by Gasteiger charge is -2.31. The first kappa shape index (κ1) is 26.6. The highest BCUT2D eigenvalue weighted by Gasteiger charge is 2.62. The van der Waals surface area contributed by atoms with Crippen LogP contribution in [0.5, 0.6) is 0 Å². The third-order valence-corrected chi connectivity index (χ3v) is 8.04. The molecule has 8 heteroatoms. The predicted octanol–water partition coefficient (Wildman–Crippen LogP) is 6.60. The molecule has 1 aromatic carbocycles. The summed E-state index contributed by atoms with van der Waals surface area (Å²) in [6.45, 7) is 11.8. The summed E-state index contributed by atoms with van der Waals surface area (Å²) in [5, 5.41) is 4.71. The van der Waals surface area contributed by atoms with E-state index in [-0.39, 0.29) is 11.8 Å². The van der Waals surface area contributed by atoms with Crippen LogP contribution in [0.4, 0.5) is 19.0 Å². The maximum absolute atomic E-state index is 15.1. The molecule has 1 unspecified atom stereocenters. The van der Waals surface area contributed by atoms with Crippen molar-refractivity contribution in [3.8, 4) is 0 Å². The van der Waals surface area contributed by atoms with Crippen LogP contribution < -0.4 is 4.90 Å². The van der Waals surface area contributed by atoms with Gasteiger partial charge in [-0.2, -0.15) is 5.10 Å². The fourth-order valence-corrected chi connectivity index (χ4v) is 6.00. The van der Waals surface area contributed by atoms with E-state index in [1.165, 1.54) is 6.07 Å². The lowest BCUT2D eigenvalue weighted by molar-refractivity contribution is -0.156. The summed E-state index contributed by atoms with van der Waals surface area (Å²) in [5.74, 6) is -3.61. The number of aryl methyl sites for hydroxylation is 2. The van der Waals surface area contributed by atoms with Gasteiger partial charge in [-0.25, -0.2) is 13.2 Å². The van der Waals surface area contributed by atoms with E-state index in [9.17, 15) is 13.6 Å². The van der Waals surface area contributed by atoms with Crippen LogP contribution in [0, 0.1) is 18.7 Å². The van der Waals surface area contributed by atoms with Crippen LogP contribution >= 0.6 is 0 Å². The summed E-state index contributed by atoms with van der Waals surface area (Å²) in [4.78, 5) is 15.5. The zero-order valence-electron chi connectivity index (χ0n) is 23.0. The van der Waals surface area contributed by atoms with Gasteiger partial charge in [0.1, 0.15) is 17.3 Å². The molecule has 1 saturated carbocycles. The Morgan fingerprint density at radius 3 is 2.50 bits per heavy atom. The first-order valence-corrected chi connectivity index (χ1v) is 13.4. The molecule has 0 radical (unpaired) electrons. The lowest BCUT2D eigenvalue weighted by atomic mass is 9.86. The third-order valence-electron chi connectivity index (χ3n) is 8.04. The molecule has 1 fully saturated rings. The van der Waals surface area contributed by atoms with E-state index in [0.717, 1.165) is 23.6 Å². The van der Waals surface area contributed by atoms with Crippen LogP contribution in [0.2, 0.25) is 0 Å². The van der Waals surface area contributed by atoms with Gasteiger partial charge in [0, 0.05) is 38.2 Å². The Kier molecular flexibility index (Phi) is 6.31. The van der Waals surface area contributed by atoms with Crippen molar-refractivity contribution in [3.05, 3.63) is 64.1 Å². The van der Waals surface area contributed by atoms with Crippen molar-refractivity contribution in [2.45, 2.75) is 84.3 Å². The molecule has 2 aromatic rings. The molecule has 0 spiro atoms. The normalized spacial score (nSPS) is 20.9. The molecule has 0 amide bonds. The summed E-state index contributed by atoms with van der Waals surface area (Å²) in [5.41, 5.74) is 2.41. The van der Waals surface area contributed by atoms with E-state index in [0.29, 0.717) is 61.5 Å². The molecule has 0 bridgehead atoms. The Labute approximate surface area is 222 Å². The number of ether oxygens (including phenoxy) is 1. The second-order valence-corrected chi connectivity index (χ2v) is 11.9. The minimum atomic E-state index is -2.82. The maximum Gasteiger partial charge on any atom is 0.318 e. The maximum atomic E-state index is 15.1. The van der Waals surface area contributed by atoms with E-state index in [1.807, 2.05) is 52.8 Å². The quantitative estimate of drug-likeness (QED) is 0.397. The Balaban J connectivity index is 1.51. The summed E-state index contributed by atoms with van der Waals surface area (Å²) in [6, 6.07) is 6.72.